The van der Waals surface area contributed by atoms with Gasteiger partial charge in [0.1, 0.15) is 36.8 Å². The highest BCUT2D eigenvalue weighted by Gasteiger charge is 2.54. The van der Waals surface area contributed by atoms with Crippen LogP contribution in [0.2, 0.25) is 0 Å². The third kappa shape index (κ3) is 17.0. The van der Waals surface area contributed by atoms with E-state index >= 15 is 0 Å². The van der Waals surface area contributed by atoms with Crippen molar-refractivity contribution < 1.29 is 71.7 Å². The van der Waals surface area contributed by atoms with Gasteiger partial charge < -0.3 is 57.4 Å². The summed E-state index contributed by atoms with van der Waals surface area (Å²) in [6.45, 7) is 15.9. The number of aldehydes is 1. The van der Waals surface area contributed by atoms with Gasteiger partial charge in [0.05, 0.1) is 30.8 Å². The molecule has 1 N–H and O–H groups in total. The molecule has 15 atom stereocenters. The number of methoxy groups -OCH3 is 1. The van der Waals surface area contributed by atoms with Crippen LogP contribution in [-0.2, 0) is 73.0 Å². The zero-order valence-corrected chi connectivity index (χ0v) is 43.2. The molecule has 4 rings (SSSR count). The number of ether oxygens (including phenoxy) is 9. The van der Waals surface area contributed by atoms with Crippen molar-refractivity contribution in [3.05, 3.63) is 35.9 Å². The molecular weight excluding hydrogens is 895 g/mol. The quantitative estimate of drug-likeness (QED) is 0.117. The second-order valence-electron chi connectivity index (χ2n) is 19.6. The second-order valence-corrected chi connectivity index (χ2v) is 19.6. The molecule has 1 aromatic rings. The number of esters is 4. The van der Waals surface area contributed by atoms with Crippen LogP contribution in [0.1, 0.15) is 119 Å². The average Bonchev–Trinajstić information content (AvgIpc) is 3.28. The molecule has 69 heavy (non-hydrogen) atoms. The minimum Gasteiger partial charge on any atom is -0.463 e. The molecule has 3 fully saturated rings. The SMILES string of the molecule is CCC(=O)O[C@@H]1CC(=O)O[C@H](C)CCN(N(C)CCCc2ccccc2)CC[C@H](C)C[C@H](CC=O)[C@H](O[C@@H]2O[C@H](C)[C@@H](O[C@H]3C[C@@](C)(OC(C)=O)[C@@H](OC(=O)CC)[C@H](C)O3)[C@H](N(C)C)[C@H]2O)[C@H]1OC. The predicted molar refractivity (Wildman–Crippen MR) is 254 cm³/mol. The fraction of sp³-hybridized carbons (Fsp3) is 0.784. The van der Waals surface area contributed by atoms with E-state index in [2.05, 4.69) is 36.1 Å². The average molecular weight is 978 g/mol. The van der Waals surface area contributed by atoms with E-state index in [1.807, 2.05) is 25.1 Å². The first kappa shape index (κ1) is 58.0. The van der Waals surface area contributed by atoms with Gasteiger partial charge in [-0.05, 0) is 91.3 Å². The summed E-state index contributed by atoms with van der Waals surface area (Å²) in [5, 5.41) is 16.9. The third-order valence-corrected chi connectivity index (χ3v) is 13.6. The van der Waals surface area contributed by atoms with Crippen molar-refractivity contribution in [2.45, 2.75) is 199 Å². The van der Waals surface area contributed by atoms with Gasteiger partial charge >= 0.3 is 23.9 Å². The van der Waals surface area contributed by atoms with Crippen molar-refractivity contribution in [3.63, 3.8) is 0 Å². The normalized spacial score (nSPS) is 34.5. The molecule has 0 unspecified atom stereocenters. The molecule has 0 aromatic heterocycles. The highest BCUT2D eigenvalue weighted by Crippen LogP contribution is 2.39. The minimum absolute atomic E-state index is 0.00249. The van der Waals surface area contributed by atoms with E-state index in [1.165, 1.54) is 19.6 Å². The van der Waals surface area contributed by atoms with E-state index in [4.69, 9.17) is 42.6 Å². The van der Waals surface area contributed by atoms with Crippen LogP contribution in [0.25, 0.3) is 0 Å². The van der Waals surface area contributed by atoms with Crippen molar-refractivity contribution >= 4 is 30.2 Å². The number of aryl methyl sites for hydroxylation is 1. The number of hydrazine groups is 1. The van der Waals surface area contributed by atoms with Crippen molar-refractivity contribution in [3.8, 4) is 0 Å². The molecule has 18 heteroatoms. The summed E-state index contributed by atoms with van der Waals surface area (Å²) in [4.78, 5) is 66.1. The maximum atomic E-state index is 13.8. The lowest BCUT2D eigenvalue weighted by Crippen LogP contribution is -2.66. The van der Waals surface area contributed by atoms with Crippen LogP contribution in [0.5, 0.6) is 0 Å². The number of cyclic esters (lactones) is 1. The Balaban J connectivity index is 1.65. The number of carbonyl (C=O) groups is 5. The van der Waals surface area contributed by atoms with Crippen LogP contribution in [0.15, 0.2) is 30.3 Å². The van der Waals surface area contributed by atoms with Crippen molar-refractivity contribution in [1.82, 2.24) is 14.9 Å². The molecule has 3 heterocycles. The molecule has 392 valence electrons. The fourth-order valence-electron chi connectivity index (χ4n) is 9.99. The largest absolute Gasteiger partial charge is 0.463 e. The molecule has 0 amide bonds. The van der Waals surface area contributed by atoms with Crippen LogP contribution in [0.3, 0.4) is 0 Å². The van der Waals surface area contributed by atoms with E-state index in [1.54, 1.807) is 53.6 Å². The van der Waals surface area contributed by atoms with Gasteiger partial charge in [0, 0.05) is 66.4 Å². The van der Waals surface area contributed by atoms with E-state index in [-0.39, 0.29) is 38.0 Å². The summed E-state index contributed by atoms with van der Waals surface area (Å²) in [5.74, 6) is -2.70. The Kier molecular flexibility index (Phi) is 23.4. The van der Waals surface area contributed by atoms with Gasteiger partial charge in [-0.2, -0.15) is 0 Å². The summed E-state index contributed by atoms with van der Waals surface area (Å²) < 4.78 is 55.9. The number of aliphatic hydroxyl groups is 1. The zero-order chi connectivity index (χ0) is 51.0. The van der Waals surface area contributed by atoms with E-state index < -0.39 is 109 Å². The number of hydrogen-bond donors (Lipinski definition) is 1. The van der Waals surface area contributed by atoms with E-state index in [0.29, 0.717) is 25.9 Å². The van der Waals surface area contributed by atoms with Gasteiger partial charge in [-0.15, -0.1) is 0 Å². The lowest BCUT2D eigenvalue weighted by Gasteiger charge is -2.50. The van der Waals surface area contributed by atoms with Gasteiger partial charge in [-0.25, -0.2) is 10.0 Å². The Labute approximate surface area is 410 Å². The Morgan fingerprint density at radius 3 is 2.20 bits per heavy atom. The Hall–Kier alpha value is -3.59. The number of nitrogens with zero attached hydrogens (tertiary/aromatic N) is 3. The fourth-order valence-corrected chi connectivity index (χ4v) is 9.99. The smallest absolute Gasteiger partial charge is 0.309 e. The van der Waals surface area contributed by atoms with Gasteiger partial charge in [0.2, 0.25) is 0 Å². The first-order valence-electron chi connectivity index (χ1n) is 24.9. The molecule has 3 saturated heterocycles. The number of rotatable bonds is 18. The van der Waals surface area contributed by atoms with Crippen LogP contribution >= 0.6 is 0 Å². The summed E-state index contributed by atoms with van der Waals surface area (Å²) in [7, 11) is 7.07. The molecule has 0 bridgehead atoms. The molecule has 0 saturated carbocycles. The lowest BCUT2D eigenvalue weighted by atomic mass is 9.83. The number of carbonyl (C=O) groups excluding carboxylic acids is 5. The summed E-state index contributed by atoms with van der Waals surface area (Å²) >= 11 is 0. The van der Waals surface area contributed by atoms with Gasteiger partial charge in [-0.1, -0.05) is 51.1 Å². The first-order chi connectivity index (χ1) is 32.7. The van der Waals surface area contributed by atoms with Crippen LogP contribution in [-0.4, -0.2) is 177 Å². The maximum absolute atomic E-state index is 13.8. The Morgan fingerprint density at radius 1 is 0.913 bits per heavy atom. The summed E-state index contributed by atoms with van der Waals surface area (Å²) in [6.07, 6.45) is -6.41. The predicted octanol–water partition coefficient (Wildman–Crippen LogP) is 5.04. The maximum Gasteiger partial charge on any atom is 0.309 e. The Bertz CT molecular complexity index is 1760. The van der Waals surface area contributed by atoms with E-state index in [0.717, 1.165) is 32.1 Å². The van der Waals surface area contributed by atoms with Gasteiger partial charge in [0.25, 0.3) is 0 Å². The highest BCUT2D eigenvalue weighted by atomic mass is 16.7. The van der Waals surface area contributed by atoms with Crippen LogP contribution < -0.4 is 0 Å². The van der Waals surface area contributed by atoms with Crippen molar-refractivity contribution in [1.29, 1.82) is 0 Å². The monoisotopic (exact) mass is 978 g/mol. The minimum atomic E-state index is -1.38. The molecule has 18 nitrogen and oxygen atoms in total. The number of benzene rings is 1. The van der Waals surface area contributed by atoms with E-state index in [9.17, 15) is 29.1 Å². The lowest BCUT2D eigenvalue weighted by molar-refractivity contribution is -0.344. The molecule has 1 aromatic carbocycles. The molecule has 3 aliphatic heterocycles. The van der Waals surface area contributed by atoms with Gasteiger partial charge in [-0.3, -0.25) is 19.2 Å². The van der Waals surface area contributed by atoms with Crippen molar-refractivity contribution in [2.75, 3.05) is 47.9 Å². The number of aliphatic hydroxyl groups excluding tert-OH is 1. The summed E-state index contributed by atoms with van der Waals surface area (Å²) in [5.41, 5.74) is -0.0288. The standard InChI is InChI=1S/C51H83N3O15/c1-13-40(57)65-39-30-42(59)62-33(4)23-27-54(53(11)25-18-21-37-19-16-15-17-20-37)26-22-32(3)29-38(24-28-55)47(48(39)61-12)68-50-45(60)44(52(9)10)46(34(5)64-50)67-43-31-51(8,69-36(7)56)49(35(6)63-43)66-41(58)14-2/h15-17,19-20,28,32-35,38-39,43-50,60H,13-14,18,21-27,29-31H2,1-12H3/t32-,33+,34+,35-,38-,39+,43-,44+,45+,46+,47-,48-,49-,50-,51+/m0/s1. The third-order valence-electron chi connectivity index (χ3n) is 13.6. The number of likely N-dealkylation sites (N-methyl/N-ethyl adjacent to an activating group) is 1. The second kappa shape index (κ2) is 27.9. The van der Waals surface area contributed by atoms with Crippen LogP contribution in [0.4, 0.5) is 0 Å². The van der Waals surface area contributed by atoms with Crippen molar-refractivity contribution in [2.24, 2.45) is 11.8 Å². The Morgan fingerprint density at radius 2 is 1.58 bits per heavy atom. The molecule has 3 aliphatic rings. The molecule has 0 spiro atoms. The molecular formula is C51H83N3O15. The van der Waals surface area contributed by atoms with Gasteiger partial charge in [0.15, 0.2) is 24.3 Å². The first-order valence-corrected chi connectivity index (χ1v) is 24.9. The number of hydrogen-bond acceptors (Lipinski definition) is 18. The van der Waals surface area contributed by atoms with Crippen LogP contribution in [0, 0.1) is 11.8 Å². The summed E-state index contributed by atoms with van der Waals surface area (Å²) in [6, 6.07) is 9.60. The molecule has 0 aliphatic carbocycles. The topological polar surface area (TPSA) is 198 Å². The zero-order valence-electron chi connectivity index (χ0n) is 43.2. The molecule has 0 radical (unpaired) electrons. The highest BCUT2D eigenvalue weighted by molar-refractivity contribution is 5.73.